The Morgan fingerprint density at radius 3 is 2.41 bits per heavy atom. The normalized spacial score (nSPS) is 19.9. The van der Waals surface area contributed by atoms with Crippen LogP contribution in [0.3, 0.4) is 0 Å². The molecule has 0 aromatic heterocycles. The number of rotatable bonds is 4. The van der Waals surface area contributed by atoms with Gasteiger partial charge in [0.2, 0.25) is 6.08 Å². The van der Waals surface area contributed by atoms with Gasteiger partial charge in [-0.1, -0.05) is 24.3 Å². The first kappa shape index (κ1) is 17.0. The maximum atomic E-state index is 10.5. The Balaban J connectivity index is 2.36. The molecule has 1 heterocycles. The van der Waals surface area contributed by atoms with Gasteiger partial charge in [-0.3, -0.25) is 0 Å². The van der Waals surface area contributed by atoms with Crippen LogP contribution in [0.2, 0.25) is 0 Å². The summed E-state index contributed by atoms with van der Waals surface area (Å²) in [6.45, 7) is 8.03. The molecular formula is C16H20BNO3S. The molecule has 1 fully saturated rings. The molecule has 0 spiro atoms. The van der Waals surface area contributed by atoms with Gasteiger partial charge in [0.1, 0.15) is 0 Å². The number of benzene rings is 1. The number of aliphatic imine (C=N–C) groups is 1. The quantitative estimate of drug-likeness (QED) is 0.399. The van der Waals surface area contributed by atoms with Crippen molar-refractivity contribution in [1.29, 1.82) is 0 Å². The van der Waals surface area contributed by atoms with Crippen LogP contribution in [-0.4, -0.2) is 30.2 Å². The third-order valence-corrected chi connectivity index (χ3v) is 4.55. The highest BCUT2D eigenvalue weighted by Crippen LogP contribution is 2.39. The fourth-order valence-electron chi connectivity index (χ4n) is 2.14. The van der Waals surface area contributed by atoms with Crippen molar-refractivity contribution in [1.82, 2.24) is 0 Å². The van der Waals surface area contributed by atoms with Crippen molar-refractivity contribution in [2.45, 2.75) is 38.9 Å². The van der Waals surface area contributed by atoms with Crippen LogP contribution in [0.5, 0.6) is 0 Å². The molecule has 6 heteroatoms. The van der Waals surface area contributed by atoms with Crippen LogP contribution in [0.15, 0.2) is 34.7 Å². The molecule has 22 heavy (non-hydrogen) atoms. The van der Waals surface area contributed by atoms with Crippen LogP contribution in [0.25, 0.3) is 6.08 Å². The first-order valence-corrected chi connectivity index (χ1v) is 7.78. The average Bonchev–Trinajstić information content (AvgIpc) is 2.66. The Morgan fingerprint density at radius 2 is 1.86 bits per heavy atom. The minimum atomic E-state index is -0.462. The van der Waals surface area contributed by atoms with Crippen LogP contribution in [-0.2, 0) is 14.1 Å². The molecule has 1 aliphatic heterocycles. The van der Waals surface area contributed by atoms with E-state index in [4.69, 9.17) is 9.31 Å². The Bertz CT molecular complexity index is 620. The highest BCUT2D eigenvalue weighted by atomic mass is 32.1. The molecule has 116 valence electrons. The standard InChI is InChI=1S/C16H20BNO3S/c1-15(2)16(3,4)21-17(20-15)13(10-22)9-12-7-5-6-8-14(12)18-11-19/h5-9,22H,10H2,1-4H3. The Kier molecular flexibility index (Phi) is 4.98. The van der Waals surface area contributed by atoms with Crippen molar-refractivity contribution in [2.24, 2.45) is 4.99 Å². The van der Waals surface area contributed by atoms with E-state index < -0.39 is 18.3 Å². The monoisotopic (exact) mass is 317 g/mol. The molecule has 4 nitrogen and oxygen atoms in total. The lowest BCUT2D eigenvalue weighted by Crippen LogP contribution is -2.41. The SMILES string of the molecule is CC1(C)OB(C(=Cc2ccccc2N=C=O)CS)OC1(C)C. The lowest BCUT2D eigenvalue weighted by atomic mass is 9.78. The van der Waals surface area contributed by atoms with E-state index in [0.717, 1.165) is 11.0 Å². The van der Waals surface area contributed by atoms with E-state index in [1.54, 1.807) is 12.1 Å². The number of carbonyl (C=O) groups excluding carboxylic acids is 1. The van der Waals surface area contributed by atoms with Crippen LogP contribution in [0.1, 0.15) is 33.3 Å². The molecule has 0 saturated carbocycles. The van der Waals surface area contributed by atoms with Crippen LogP contribution < -0.4 is 0 Å². The van der Waals surface area contributed by atoms with E-state index in [9.17, 15) is 4.79 Å². The molecule has 1 aromatic carbocycles. The van der Waals surface area contributed by atoms with Gasteiger partial charge in [0.05, 0.1) is 16.9 Å². The summed E-state index contributed by atoms with van der Waals surface area (Å²) in [5.74, 6) is 0.482. The first-order chi connectivity index (χ1) is 10.3. The van der Waals surface area contributed by atoms with Gasteiger partial charge in [-0.05, 0) is 39.2 Å². The van der Waals surface area contributed by atoms with E-state index in [1.165, 1.54) is 0 Å². The molecule has 1 aliphatic rings. The van der Waals surface area contributed by atoms with Crippen molar-refractivity contribution in [3.05, 3.63) is 35.3 Å². The summed E-state index contributed by atoms with van der Waals surface area (Å²) in [4.78, 5) is 14.3. The van der Waals surface area contributed by atoms with E-state index in [2.05, 4.69) is 17.6 Å². The van der Waals surface area contributed by atoms with Gasteiger partial charge in [-0.25, -0.2) is 4.79 Å². The summed E-state index contributed by atoms with van der Waals surface area (Å²) in [7, 11) is -0.462. The van der Waals surface area contributed by atoms with Crippen molar-refractivity contribution in [2.75, 3.05) is 5.75 Å². The highest BCUT2D eigenvalue weighted by molar-refractivity contribution is 7.80. The second kappa shape index (κ2) is 6.43. The zero-order valence-corrected chi connectivity index (χ0v) is 14.2. The fraction of sp³-hybridized carbons (Fsp3) is 0.438. The van der Waals surface area contributed by atoms with Crippen molar-refractivity contribution in [3.8, 4) is 0 Å². The average molecular weight is 317 g/mol. The van der Waals surface area contributed by atoms with Gasteiger partial charge >= 0.3 is 7.12 Å². The van der Waals surface area contributed by atoms with Crippen molar-refractivity contribution < 1.29 is 14.1 Å². The smallest absolute Gasteiger partial charge is 0.400 e. The molecule has 0 N–H and O–H groups in total. The molecule has 0 aliphatic carbocycles. The summed E-state index contributed by atoms with van der Waals surface area (Å²) in [6, 6.07) is 7.35. The lowest BCUT2D eigenvalue weighted by molar-refractivity contribution is 0.00578. The summed E-state index contributed by atoms with van der Waals surface area (Å²) in [6.07, 6.45) is 3.48. The van der Waals surface area contributed by atoms with Crippen LogP contribution in [0, 0.1) is 0 Å². The van der Waals surface area contributed by atoms with Gasteiger partial charge in [-0.15, -0.1) is 0 Å². The van der Waals surface area contributed by atoms with Gasteiger partial charge in [0.15, 0.2) is 0 Å². The van der Waals surface area contributed by atoms with Gasteiger partial charge in [0.25, 0.3) is 0 Å². The summed E-state index contributed by atoms with van der Waals surface area (Å²) < 4.78 is 12.1. The number of para-hydroxylation sites is 1. The summed E-state index contributed by atoms with van der Waals surface area (Å²) in [5.41, 5.74) is 1.45. The molecule has 0 amide bonds. The third-order valence-electron chi connectivity index (χ3n) is 4.18. The minimum Gasteiger partial charge on any atom is -0.400 e. The second-order valence-electron chi connectivity index (χ2n) is 6.23. The molecule has 0 unspecified atom stereocenters. The zero-order valence-electron chi connectivity index (χ0n) is 13.3. The molecule has 2 rings (SSSR count). The second-order valence-corrected chi connectivity index (χ2v) is 6.54. The number of isocyanates is 1. The number of hydrogen-bond acceptors (Lipinski definition) is 5. The Morgan fingerprint density at radius 1 is 1.27 bits per heavy atom. The number of hydrogen-bond donors (Lipinski definition) is 1. The highest BCUT2D eigenvalue weighted by Gasteiger charge is 2.52. The largest absolute Gasteiger partial charge is 0.491 e. The van der Waals surface area contributed by atoms with E-state index in [-0.39, 0.29) is 0 Å². The maximum Gasteiger partial charge on any atom is 0.491 e. The minimum absolute atomic E-state index is 0.403. The predicted molar refractivity (Wildman–Crippen MR) is 92.1 cm³/mol. The first-order valence-electron chi connectivity index (χ1n) is 7.14. The Labute approximate surface area is 137 Å². The molecule has 0 bridgehead atoms. The fourth-order valence-corrected chi connectivity index (χ4v) is 2.38. The van der Waals surface area contributed by atoms with Gasteiger partial charge < -0.3 is 9.31 Å². The van der Waals surface area contributed by atoms with Crippen molar-refractivity contribution in [3.63, 3.8) is 0 Å². The van der Waals surface area contributed by atoms with Gasteiger partial charge in [0, 0.05) is 11.3 Å². The molecule has 1 saturated heterocycles. The molecule has 1 aromatic rings. The number of thiol groups is 1. The van der Waals surface area contributed by atoms with Crippen molar-refractivity contribution >= 4 is 37.6 Å². The zero-order chi connectivity index (χ0) is 16.4. The third kappa shape index (κ3) is 3.36. The van der Waals surface area contributed by atoms with E-state index in [0.29, 0.717) is 11.4 Å². The summed E-state index contributed by atoms with van der Waals surface area (Å²) >= 11 is 4.38. The Hall–Kier alpha value is -1.33. The van der Waals surface area contributed by atoms with Crippen LogP contribution >= 0.6 is 12.6 Å². The van der Waals surface area contributed by atoms with E-state index in [1.807, 2.05) is 52.0 Å². The molecular weight excluding hydrogens is 297 g/mol. The molecule has 0 radical (unpaired) electrons. The maximum absolute atomic E-state index is 10.5. The lowest BCUT2D eigenvalue weighted by Gasteiger charge is -2.32. The topological polar surface area (TPSA) is 47.9 Å². The predicted octanol–water partition coefficient (Wildman–Crippen LogP) is 3.60. The number of nitrogens with zero attached hydrogens (tertiary/aromatic N) is 1. The van der Waals surface area contributed by atoms with Gasteiger partial charge in [-0.2, -0.15) is 17.6 Å². The summed E-state index contributed by atoms with van der Waals surface area (Å²) in [5, 5.41) is 0. The van der Waals surface area contributed by atoms with Crippen LogP contribution in [0.4, 0.5) is 5.69 Å². The van der Waals surface area contributed by atoms with E-state index >= 15 is 0 Å². The molecule has 0 atom stereocenters.